The first-order valence-corrected chi connectivity index (χ1v) is 6.30. The standard InChI is InChI=1S/C15H16FN3O2/c1-19(9-10-3-5-11(16)6-4-10)14-7-12(15(20)21-2)13(17)8-18-14/h3-8H,9,17H2,1-2H3. The molecule has 0 fully saturated rings. The molecular weight excluding hydrogens is 273 g/mol. The summed E-state index contributed by atoms with van der Waals surface area (Å²) in [5.41, 5.74) is 7.18. The smallest absolute Gasteiger partial charge is 0.340 e. The second-order valence-corrected chi connectivity index (χ2v) is 4.60. The first-order chi connectivity index (χ1) is 10.0. The lowest BCUT2D eigenvalue weighted by Crippen LogP contribution is -2.19. The molecule has 2 rings (SSSR count). The maximum Gasteiger partial charge on any atom is 0.340 e. The molecule has 0 spiro atoms. The van der Waals surface area contributed by atoms with Crippen molar-refractivity contribution < 1.29 is 13.9 Å². The van der Waals surface area contributed by atoms with E-state index in [1.807, 2.05) is 11.9 Å². The van der Waals surface area contributed by atoms with Gasteiger partial charge in [0, 0.05) is 13.6 Å². The zero-order valence-electron chi connectivity index (χ0n) is 11.8. The second-order valence-electron chi connectivity index (χ2n) is 4.60. The number of nitrogen functional groups attached to an aromatic ring is 1. The van der Waals surface area contributed by atoms with Crippen molar-refractivity contribution in [2.45, 2.75) is 6.54 Å². The Morgan fingerprint density at radius 1 is 1.38 bits per heavy atom. The highest BCUT2D eigenvalue weighted by Crippen LogP contribution is 2.19. The average Bonchev–Trinajstić information content (AvgIpc) is 2.49. The van der Waals surface area contributed by atoms with Crippen molar-refractivity contribution in [3.05, 3.63) is 53.5 Å². The van der Waals surface area contributed by atoms with Crippen LogP contribution in [-0.2, 0) is 11.3 Å². The number of carbonyl (C=O) groups excluding carboxylic acids is 1. The van der Waals surface area contributed by atoms with E-state index in [1.54, 1.807) is 18.2 Å². The predicted octanol–water partition coefficient (Wildman–Crippen LogP) is 2.23. The zero-order valence-corrected chi connectivity index (χ0v) is 11.8. The van der Waals surface area contributed by atoms with Gasteiger partial charge in [-0.15, -0.1) is 0 Å². The molecular formula is C15H16FN3O2. The minimum atomic E-state index is -0.508. The largest absolute Gasteiger partial charge is 0.465 e. The van der Waals surface area contributed by atoms with Crippen LogP contribution in [0.5, 0.6) is 0 Å². The Kier molecular flexibility index (Phi) is 4.37. The molecule has 0 unspecified atom stereocenters. The minimum Gasteiger partial charge on any atom is -0.465 e. The Bertz CT molecular complexity index is 644. The lowest BCUT2D eigenvalue weighted by Gasteiger charge is -2.19. The Hall–Kier alpha value is -2.63. The van der Waals surface area contributed by atoms with Gasteiger partial charge < -0.3 is 15.4 Å². The Balaban J connectivity index is 2.21. The molecule has 1 heterocycles. The van der Waals surface area contributed by atoms with Crippen molar-refractivity contribution in [3.8, 4) is 0 Å². The third-order valence-corrected chi connectivity index (χ3v) is 3.05. The van der Waals surface area contributed by atoms with Crippen LogP contribution in [0.1, 0.15) is 15.9 Å². The van der Waals surface area contributed by atoms with Gasteiger partial charge in [0.2, 0.25) is 0 Å². The molecule has 110 valence electrons. The number of carbonyl (C=O) groups is 1. The summed E-state index contributed by atoms with van der Waals surface area (Å²) in [6.07, 6.45) is 1.42. The van der Waals surface area contributed by atoms with Crippen LogP contribution in [0.15, 0.2) is 36.5 Å². The molecule has 0 aliphatic carbocycles. The molecule has 0 saturated heterocycles. The molecule has 2 N–H and O–H groups in total. The number of methoxy groups -OCH3 is 1. The number of aromatic nitrogens is 1. The number of esters is 1. The molecule has 1 aromatic carbocycles. The van der Waals surface area contributed by atoms with E-state index in [0.29, 0.717) is 12.4 Å². The van der Waals surface area contributed by atoms with E-state index in [9.17, 15) is 9.18 Å². The van der Waals surface area contributed by atoms with Crippen molar-refractivity contribution in [3.63, 3.8) is 0 Å². The number of anilines is 2. The maximum absolute atomic E-state index is 12.9. The highest BCUT2D eigenvalue weighted by molar-refractivity contribution is 5.95. The van der Waals surface area contributed by atoms with Gasteiger partial charge in [0.25, 0.3) is 0 Å². The number of nitrogens with two attached hydrogens (primary N) is 1. The topological polar surface area (TPSA) is 68.5 Å². The van der Waals surface area contributed by atoms with Crippen molar-refractivity contribution in [1.29, 1.82) is 0 Å². The normalized spacial score (nSPS) is 10.2. The van der Waals surface area contributed by atoms with Gasteiger partial charge in [-0.2, -0.15) is 0 Å². The number of pyridine rings is 1. The number of benzene rings is 1. The molecule has 6 heteroatoms. The van der Waals surface area contributed by atoms with Crippen LogP contribution in [0.4, 0.5) is 15.9 Å². The van der Waals surface area contributed by atoms with Crippen molar-refractivity contribution >= 4 is 17.5 Å². The van der Waals surface area contributed by atoms with Crippen LogP contribution in [0.25, 0.3) is 0 Å². The van der Waals surface area contributed by atoms with Crippen LogP contribution in [0, 0.1) is 5.82 Å². The number of ether oxygens (including phenoxy) is 1. The van der Waals surface area contributed by atoms with Gasteiger partial charge in [0.1, 0.15) is 11.6 Å². The number of nitrogens with zero attached hydrogens (tertiary/aromatic N) is 2. The fourth-order valence-corrected chi connectivity index (χ4v) is 1.90. The third-order valence-electron chi connectivity index (χ3n) is 3.05. The summed E-state index contributed by atoms with van der Waals surface area (Å²) in [5.74, 6) is -0.208. The highest BCUT2D eigenvalue weighted by Gasteiger charge is 2.13. The summed E-state index contributed by atoms with van der Waals surface area (Å²) in [4.78, 5) is 17.6. The van der Waals surface area contributed by atoms with Gasteiger partial charge in [0.05, 0.1) is 24.6 Å². The molecule has 0 atom stereocenters. The van der Waals surface area contributed by atoms with Crippen LogP contribution in [0.3, 0.4) is 0 Å². The number of rotatable bonds is 4. The van der Waals surface area contributed by atoms with E-state index in [4.69, 9.17) is 5.73 Å². The molecule has 5 nitrogen and oxygen atoms in total. The first-order valence-electron chi connectivity index (χ1n) is 6.30. The molecule has 0 aliphatic heterocycles. The molecule has 0 bridgehead atoms. The Morgan fingerprint density at radius 2 is 2.05 bits per heavy atom. The molecule has 0 amide bonds. The van der Waals surface area contributed by atoms with E-state index >= 15 is 0 Å². The summed E-state index contributed by atoms with van der Waals surface area (Å²) in [6, 6.07) is 7.78. The molecule has 1 aromatic heterocycles. The van der Waals surface area contributed by atoms with Crippen LogP contribution >= 0.6 is 0 Å². The fourth-order valence-electron chi connectivity index (χ4n) is 1.90. The molecule has 0 saturated carbocycles. The summed E-state index contributed by atoms with van der Waals surface area (Å²) in [7, 11) is 3.12. The number of hydrogen-bond acceptors (Lipinski definition) is 5. The van der Waals surface area contributed by atoms with Gasteiger partial charge in [0.15, 0.2) is 0 Å². The highest BCUT2D eigenvalue weighted by atomic mass is 19.1. The van der Waals surface area contributed by atoms with Gasteiger partial charge in [-0.05, 0) is 23.8 Å². The van der Waals surface area contributed by atoms with Gasteiger partial charge in [-0.1, -0.05) is 12.1 Å². The van der Waals surface area contributed by atoms with Gasteiger partial charge in [-0.3, -0.25) is 0 Å². The zero-order chi connectivity index (χ0) is 15.4. The van der Waals surface area contributed by atoms with Crippen LogP contribution < -0.4 is 10.6 Å². The molecule has 0 aliphatic rings. The average molecular weight is 289 g/mol. The van der Waals surface area contributed by atoms with Gasteiger partial charge >= 0.3 is 5.97 Å². The third kappa shape index (κ3) is 3.47. The molecule has 2 aromatic rings. The van der Waals surface area contributed by atoms with Crippen molar-refractivity contribution in [1.82, 2.24) is 4.98 Å². The van der Waals surface area contributed by atoms with E-state index in [2.05, 4.69) is 9.72 Å². The SMILES string of the molecule is COC(=O)c1cc(N(C)Cc2ccc(F)cc2)ncc1N. The van der Waals surface area contributed by atoms with Crippen molar-refractivity contribution in [2.24, 2.45) is 0 Å². The fraction of sp³-hybridized carbons (Fsp3) is 0.200. The quantitative estimate of drug-likeness (QED) is 0.874. The second kappa shape index (κ2) is 6.21. The Labute approximate surface area is 122 Å². The number of hydrogen-bond donors (Lipinski definition) is 1. The van der Waals surface area contributed by atoms with Gasteiger partial charge in [-0.25, -0.2) is 14.2 Å². The predicted molar refractivity (Wildman–Crippen MR) is 78.5 cm³/mol. The lowest BCUT2D eigenvalue weighted by molar-refractivity contribution is 0.0602. The minimum absolute atomic E-state index is 0.265. The number of halogens is 1. The van der Waals surface area contributed by atoms with Crippen LogP contribution in [0.2, 0.25) is 0 Å². The summed E-state index contributed by atoms with van der Waals surface area (Å²) >= 11 is 0. The van der Waals surface area contributed by atoms with E-state index in [0.717, 1.165) is 5.56 Å². The Morgan fingerprint density at radius 3 is 2.67 bits per heavy atom. The maximum atomic E-state index is 12.9. The lowest BCUT2D eigenvalue weighted by atomic mass is 10.2. The molecule has 0 radical (unpaired) electrons. The van der Waals surface area contributed by atoms with E-state index in [-0.39, 0.29) is 17.1 Å². The summed E-state index contributed by atoms with van der Waals surface area (Å²) in [5, 5.41) is 0. The summed E-state index contributed by atoms with van der Waals surface area (Å²) in [6.45, 7) is 0.526. The monoisotopic (exact) mass is 289 g/mol. The first kappa shape index (κ1) is 14.8. The summed E-state index contributed by atoms with van der Waals surface area (Å²) < 4.78 is 17.6. The molecule has 21 heavy (non-hydrogen) atoms. The van der Waals surface area contributed by atoms with E-state index < -0.39 is 5.97 Å². The van der Waals surface area contributed by atoms with Crippen molar-refractivity contribution in [2.75, 3.05) is 24.8 Å². The van der Waals surface area contributed by atoms with E-state index in [1.165, 1.54) is 25.4 Å². The van der Waals surface area contributed by atoms with Crippen LogP contribution in [-0.4, -0.2) is 25.1 Å².